The molecule has 5 nitrogen and oxygen atoms in total. The van der Waals surface area contributed by atoms with Crippen LogP contribution in [0.15, 0.2) is 270 Å². The summed E-state index contributed by atoms with van der Waals surface area (Å²) in [7, 11) is 0. The average molecular weight is 958 g/mol. The molecule has 75 heavy (non-hydrogen) atoms. The number of rotatable bonds is 8. The minimum Gasteiger partial charge on any atom is -0.456 e. The van der Waals surface area contributed by atoms with Gasteiger partial charge in [0, 0.05) is 38.2 Å². The summed E-state index contributed by atoms with van der Waals surface area (Å²) in [6.07, 6.45) is 0. The maximum absolute atomic E-state index is 6.69. The second kappa shape index (κ2) is 17.1. The van der Waals surface area contributed by atoms with Gasteiger partial charge in [0.05, 0.1) is 5.41 Å². The fourth-order valence-corrected chi connectivity index (χ4v) is 12.0. The summed E-state index contributed by atoms with van der Waals surface area (Å²) < 4.78 is 13.1. The zero-order chi connectivity index (χ0) is 49.5. The number of hydrogen-bond acceptors (Lipinski definition) is 5. The topological polar surface area (TPSA) is 65.0 Å². The van der Waals surface area contributed by atoms with E-state index in [0.29, 0.717) is 17.5 Å². The van der Waals surface area contributed by atoms with Crippen LogP contribution in [0.3, 0.4) is 0 Å². The van der Waals surface area contributed by atoms with Crippen molar-refractivity contribution in [3.8, 4) is 78.7 Å². The molecule has 0 unspecified atom stereocenters. The molecule has 1 aliphatic carbocycles. The minimum atomic E-state index is -0.487. The monoisotopic (exact) mass is 957 g/mol. The van der Waals surface area contributed by atoms with Crippen molar-refractivity contribution in [2.75, 3.05) is 0 Å². The van der Waals surface area contributed by atoms with Gasteiger partial charge in [0.15, 0.2) is 17.5 Å². The second-order valence-corrected chi connectivity index (χ2v) is 19.3. The average Bonchev–Trinajstić information content (AvgIpc) is 4.25. The Bertz CT molecular complexity index is 4500. The molecule has 14 aromatic rings. The van der Waals surface area contributed by atoms with Crippen molar-refractivity contribution in [3.63, 3.8) is 0 Å². The van der Waals surface area contributed by atoms with Gasteiger partial charge in [0.2, 0.25) is 0 Å². The Labute approximate surface area is 432 Å². The first-order chi connectivity index (χ1) is 37.2. The van der Waals surface area contributed by atoms with E-state index in [1.807, 2.05) is 54.6 Å². The molecule has 11 aromatic carbocycles. The molecule has 0 radical (unpaired) electrons. The summed E-state index contributed by atoms with van der Waals surface area (Å²) in [5.74, 6) is 1.67. The van der Waals surface area contributed by atoms with E-state index in [2.05, 4.69) is 206 Å². The molecule has 0 N–H and O–H groups in total. The SMILES string of the molecule is c1ccc(-c2ccccc2-c2nc(-c3cccc4oc5ccccc5c34)nc(-c3cccc4oc5ccc(-c6cccc(-c7cccc8c7-c7ccccc7C8(c7ccccc7)c7ccccc7)c6)cc5c34)n2)cc1. The van der Waals surface area contributed by atoms with Gasteiger partial charge in [-0.05, 0) is 103 Å². The first kappa shape index (κ1) is 42.7. The van der Waals surface area contributed by atoms with Gasteiger partial charge in [-0.25, -0.2) is 15.0 Å². The molecule has 0 aliphatic heterocycles. The van der Waals surface area contributed by atoms with Crippen molar-refractivity contribution < 1.29 is 8.83 Å². The summed E-state index contributed by atoms with van der Waals surface area (Å²) in [5.41, 5.74) is 19.5. The van der Waals surface area contributed by atoms with Crippen LogP contribution in [0, 0.1) is 0 Å². The van der Waals surface area contributed by atoms with Gasteiger partial charge in [0.25, 0.3) is 0 Å². The largest absolute Gasteiger partial charge is 0.456 e. The molecule has 3 aromatic heterocycles. The number of fused-ring (bicyclic) bond motifs is 9. The Hall–Kier alpha value is -9.97. The standard InChI is InChI=1S/C70H43N3O2/c1-4-20-44(21-5-1)50-28-10-11-29-52(50)67-71-68(55-33-18-38-62-65(55)54-31-13-15-37-60(54)74-62)73-69(72-67)56-34-19-39-63-66(56)57-43-46(40-41-61(57)75-63)45-22-16-23-47(42-45)51-32-17-36-59-64(51)53-30-12-14-35-58(53)70(59,48-24-6-2-7-25-48)49-26-8-3-9-27-49/h1-43H. The molecule has 15 rings (SSSR count). The molecule has 5 heteroatoms. The van der Waals surface area contributed by atoms with E-state index in [-0.39, 0.29) is 0 Å². The van der Waals surface area contributed by atoms with Crippen molar-refractivity contribution in [1.82, 2.24) is 15.0 Å². The number of para-hydroxylation sites is 1. The summed E-state index contributed by atoms with van der Waals surface area (Å²) >= 11 is 0. The molecule has 0 fully saturated rings. The molecular weight excluding hydrogens is 915 g/mol. The van der Waals surface area contributed by atoms with Crippen molar-refractivity contribution in [3.05, 3.63) is 283 Å². The van der Waals surface area contributed by atoms with Crippen LogP contribution in [0.4, 0.5) is 0 Å². The highest BCUT2D eigenvalue weighted by Crippen LogP contribution is 2.58. The fraction of sp³-hybridized carbons (Fsp3) is 0.0143. The van der Waals surface area contributed by atoms with E-state index in [1.165, 1.54) is 38.9 Å². The van der Waals surface area contributed by atoms with Gasteiger partial charge in [-0.3, -0.25) is 0 Å². The van der Waals surface area contributed by atoms with E-state index in [9.17, 15) is 0 Å². The van der Waals surface area contributed by atoms with Crippen LogP contribution in [0.5, 0.6) is 0 Å². The van der Waals surface area contributed by atoms with Gasteiger partial charge in [0.1, 0.15) is 22.3 Å². The Balaban J connectivity index is 0.903. The molecular formula is C70H43N3O2. The number of hydrogen-bond donors (Lipinski definition) is 0. The van der Waals surface area contributed by atoms with Crippen LogP contribution in [-0.4, -0.2) is 15.0 Å². The second-order valence-electron chi connectivity index (χ2n) is 19.3. The lowest BCUT2D eigenvalue weighted by atomic mass is 9.67. The van der Waals surface area contributed by atoms with Crippen LogP contribution >= 0.6 is 0 Å². The maximum Gasteiger partial charge on any atom is 0.164 e. The molecule has 1 aliphatic rings. The van der Waals surface area contributed by atoms with Gasteiger partial charge in [-0.15, -0.1) is 0 Å². The lowest BCUT2D eigenvalue weighted by molar-refractivity contribution is 0.668. The fourth-order valence-electron chi connectivity index (χ4n) is 12.0. The highest BCUT2D eigenvalue weighted by atomic mass is 16.3. The van der Waals surface area contributed by atoms with Crippen molar-refractivity contribution in [1.29, 1.82) is 0 Å². The first-order valence-corrected chi connectivity index (χ1v) is 25.4. The summed E-state index contributed by atoms with van der Waals surface area (Å²) in [5, 5.41) is 3.88. The van der Waals surface area contributed by atoms with Gasteiger partial charge >= 0.3 is 0 Å². The summed E-state index contributed by atoms with van der Waals surface area (Å²) in [6, 6.07) is 92.4. The summed E-state index contributed by atoms with van der Waals surface area (Å²) in [4.78, 5) is 16.1. The molecule has 0 bridgehead atoms. The van der Waals surface area contributed by atoms with E-state index in [0.717, 1.165) is 88.4 Å². The smallest absolute Gasteiger partial charge is 0.164 e. The number of furan rings is 2. The third-order valence-electron chi connectivity index (χ3n) is 15.3. The van der Waals surface area contributed by atoms with Gasteiger partial charge in [-0.2, -0.15) is 0 Å². The van der Waals surface area contributed by atoms with Gasteiger partial charge < -0.3 is 8.83 Å². The lowest BCUT2D eigenvalue weighted by Crippen LogP contribution is -2.28. The highest BCUT2D eigenvalue weighted by Gasteiger charge is 2.46. The predicted molar refractivity (Wildman–Crippen MR) is 304 cm³/mol. The molecule has 0 saturated heterocycles. The Morgan fingerprint density at radius 1 is 0.267 bits per heavy atom. The minimum absolute atomic E-state index is 0.487. The number of aromatic nitrogens is 3. The van der Waals surface area contributed by atoms with E-state index < -0.39 is 5.41 Å². The Kier molecular flexibility index (Phi) is 9.72. The third kappa shape index (κ3) is 6.68. The third-order valence-corrected chi connectivity index (χ3v) is 15.3. The van der Waals surface area contributed by atoms with Gasteiger partial charge in [-0.1, -0.05) is 224 Å². The zero-order valence-corrected chi connectivity index (χ0v) is 40.5. The van der Waals surface area contributed by atoms with Crippen molar-refractivity contribution in [2.45, 2.75) is 5.41 Å². The molecule has 3 heterocycles. The Morgan fingerprint density at radius 2 is 0.720 bits per heavy atom. The van der Waals surface area contributed by atoms with Crippen LogP contribution < -0.4 is 0 Å². The predicted octanol–water partition coefficient (Wildman–Crippen LogP) is 18.0. The summed E-state index contributed by atoms with van der Waals surface area (Å²) in [6.45, 7) is 0. The van der Waals surface area contributed by atoms with E-state index in [1.54, 1.807) is 0 Å². The molecule has 0 amide bonds. The highest BCUT2D eigenvalue weighted by molar-refractivity contribution is 6.14. The normalized spacial score (nSPS) is 12.6. The maximum atomic E-state index is 6.69. The van der Waals surface area contributed by atoms with Crippen molar-refractivity contribution >= 4 is 43.9 Å². The van der Waals surface area contributed by atoms with Crippen LogP contribution in [-0.2, 0) is 5.41 Å². The number of nitrogens with zero attached hydrogens (tertiary/aromatic N) is 3. The molecule has 0 saturated carbocycles. The molecule has 0 atom stereocenters. The molecule has 0 spiro atoms. The van der Waals surface area contributed by atoms with Crippen molar-refractivity contribution in [2.24, 2.45) is 0 Å². The van der Waals surface area contributed by atoms with E-state index >= 15 is 0 Å². The zero-order valence-electron chi connectivity index (χ0n) is 40.5. The Morgan fingerprint density at radius 3 is 1.43 bits per heavy atom. The number of benzene rings is 11. The van der Waals surface area contributed by atoms with Crippen LogP contribution in [0.25, 0.3) is 123 Å². The molecule has 350 valence electrons. The first-order valence-electron chi connectivity index (χ1n) is 25.4. The quantitative estimate of drug-likeness (QED) is 0.152. The lowest BCUT2D eigenvalue weighted by Gasteiger charge is -2.34. The van der Waals surface area contributed by atoms with E-state index in [4.69, 9.17) is 23.8 Å². The van der Waals surface area contributed by atoms with Crippen LogP contribution in [0.2, 0.25) is 0 Å². The van der Waals surface area contributed by atoms with Crippen LogP contribution in [0.1, 0.15) is 22.3 Å².